The first-order chi connectivity index (χ1) is 7.65. The number of aromatic nitrogens is 2. The molecule has 16 heavy (non-hydrogen) atoms. The zero-order chi connectivity index (χ0) is 11.5. The second-order valence-corrected chi connectivity index (χ2v) is 4.36. The van der Waals surface area contributed by atoms with Gasteiger partial charge in [-0.25, -0.2) is 9.97 Å². The number of anilines is 2. The molecule has 1 aromatic heterocycles. The van der Waals surface area contributed by atoms with Crippen molar-refractivity contribution in [3.05, 3.63) is 11.9 Å². The Morgan fingerprint density at radius 2 is 2.31 bits per heavy atom. The molecule has 4 N–H and O–H groups in total. The van der Waals surface area contributed by atoms with E-state index in [1.807, 2.05) is 6.92 Å². The minimum Gasteiger partial charge on any atom is -0.393 e. The van der Waals surface area contributed by atoms with Gasteiger partial charge in [-0.1, -0.05) is 6.42 Å². The van der Waals surface area contributed by atoms with E-state index in [2.05, 4.69) is 15.3 Å². The topological polar surface area (TPSA) is 84.1 Å². The van der Waals surface area contributed by atoms with Crippen molar-refractivity contribution in [1.29, 1.82) is 0 Å². The highest BCUT2D eigenvalue weighted by molar-refractivity contribution is 5.44. The van der Waals surface area contributed by atoms with E-state index >= 15 is 0 Å². The molecule has 0 aromatic carbocycles. The van der Waals surface area contributed by atoms with Gasteiger partial charge in [0.05, 0.1) is 6.10 Å². The summed E-state index contributed by atoms with van der Waals surface area (Å²) in [7, 11) is 0. The second kappa shape index (κ2) is 4.65. The number of aliphatic hydroxyl groups is 1. The van der Waals surface area contributed by atoms with Gasteiger partial charge in [-0.15, -0.1) is 0 Å². The number of nitrogens with zero attached hydrogens (tertiary/aromatic N) is 2. The molecule has 0 bridgehead atoms. The van der Waals surface area contributed by atoms with Gasteiger partial charge < -0.3 is 16.2 Å². The molecule has 0 saturated heterocycles. The summed E-state index contributed by atoms with van der Waals surface area (Å²) in [5.41, 5.74) is 5.63. The highest BCUT2D eigenvalue weighted by Crippen LogP contribution is 2.25. The number of rotatable bonds is 3. The number of nitrogens with one attached hydrogen (secondary N) is 1. The summed E-state index contributed by atoms with van der Waals surface area (Å²) in [6.07, 6.45) is 2.93. The lowest BCUT2D eigenvalue weighted by Crippen LogP contribution is -2.22. The van der Waals surface area contributed by atoms with Gasteiger partial charge in [0.25, 0.3) is 0 Å². The van der Waals surface area contributed by atoms with E-state index in [4.69, 9.17) is 5.73 Å². The van der Waals surface area contributed by atoms with E-state index in [9.17, 15) is 5.11 Å². The van der Waals surface area contributed by atoms with Crippen LogP contribution in [0.5, 0.6) is 0 Å². The van der Waals surface area contributed by atoms with Crippen LogP contribution < -0.4 is 11.1 Å². The molecule has 1 saturated carbocycles. The molecule has 2 unspecified atom stereocenters. The lowest BCUT2D eigenvalue weighted by molar-refractivity contribution is 0.138. The summed E-state index contributed by atoms with van der Waals surface area (Å²) >= 11 is 0. The Morgan fingerprint density at radius 1 is 1.50 bits per heavy atom. The van der Waals surface area contributed by atoms with E-state index in [-0.39, 0.29) is 6.10 Å². The molecule has 1 aliphatic carbocycles. The quantitative estimate of drug-likeness (QED) is 0.709. The smallest absolute Gasteiger partial charge is 0.131 e. The van der Waals surface area contributed by atoms with Crippen molar-refractivity contribution < 1.29 is 5.11 Å². The van der Waals surface area contributed by atoms with Crippen LogP contribution in [0, 0.1) is 12.8 Å². The van der Waals surface area contributed by atoms with Crippen molar-refractivity contribution in [2.45, 2.75) is 32.3 Å². The Morgan fingerprint density at radius 3 is 2.94 bits per heavy atom. The Hall–Kier alpha value is -1.36. The summed E-state index contributed by atoms with van der Waals surface area (Å²) in [5, 5.41) is 12.9. The third-order valence-electron chi connectivity index (χ3n) is 3.02. The SMILES string of the molecule is Cc1nc(N)cc(NCC2CCCC2O)n1. The van der Waals surface area contributed by atoms with Crippen molar-refractivity contribution in [3.63, 3.8) is 0 Å². The molecule has 1 heterocycles. The van der Waals surface area contributed by atoms with E-state index in [1.54, 1.807) is 6.07 Å². The van der Waals surface area contributed by atoms with E-state index in [0.29, 0.717) is 17.6 Å². The fourth-order valence-corrected chi connectivity index (χ4v) is 2.17. The molecular formula is C11H18N4O. The van der Waals surface area contributed by atoms with Crippen molar-refractivity contribution in [2.24, 2.45) is 5.92 Å². The molecule has 1 aromatic rings. The molecule has 0 amide bonds. The molecule has 1 fully saturated rings. The molecule has 0 radical (unpaired) electrons. The number of hydrogen-bond donors (Lipinski definition) is 3. The zero-order valence-electron chi connectivity index (χ0n) is 9.48. The number of hydrogen-bond acceptors (Lipinski definition) is 5. The summed E-state index contributed by atoms with van der Waals surface area (Å²) in [5.74, 6) is 2.21. The summed E-state index contributed by atoms with van der Waals surface area (Å²) < 4.78 is 0. The second-order valence-electron chi connectivity index (χ2n) is 4.36. The van der Waals surface area contributed by atoms with Gasteiger partial charge in [0.2, 0.25) is 0 Å². The number of aryl methyl sites for hydroxylation is 1. The number of nitrogens with two attached hydrogens (primary N) is 1. The normalized spacial score (nSPS) is 24.6. The molecule has 88 valence electrons. The van der Waals surface area contributed by atoms with Crippen molar-refractivity contribution in [1.82, 2.24) is 9.97 Å². The van der Waals surface area contributed by atoms with Crippen molar-refractivity contribution in [2.75, 3.05) is 17.6 Å². The molecule has 0 aliphatic heterocycles. The molecule has 2 rings (SSSR count). The summed E-state index contributed by atoms with van der Waals surface area (Å²) in [6, 6.07) is 1.72. The maximum atomic E-state index is 9.68. The first-order valence-electron chi connectivity index (χ1n) is 5.68. The predicted octanol–water partition coefficient (Wildman–Crippen LogP) is 0.940. The third-order valence-corrected chi connectivity index (χ3v) is 3.02. The van der Waals surface area contributed by atoms with Gasteiger partial charge in [0.1, 0.15) is 17.5 Å². The Labute approximate surface area is 95.1 Å². The van der Waals surface area contributed by atoms with Crippen LogP contribution in [0.2, 0.25) is 0 Å². The monoisotopic (exact) mass is 222 g/mol. The molecule has 5 nitrogen and oxygen atoms in total. The fraction of sp³-hybridized carbons (Fsp3) is 0.636. The van der Waals surface area contributed by atoms with Crippen molar-refractivity contribution in [3.8, 4) is 0 Å². The largest absolute Gasteiger partial charge is 0.393 e. The summed E-state index contributed by atoms with van der Waals surface area (Å²) in [6.45, 7) is 2.56. The fourth-order valence-electron chi connectivity index (χ4n) is 2.17. The van der Waals surface area contributed by atoms with Crippen LogP contribution in [0.3, 0.4) is 0 Å². The zero-order valence-corrected chi connectivity index (χ0v) is 9.48. The Kier molecular flexibility index (Phi) is 3.24. The minimum atomic E-state index is -0.173. The first-order valence-corrected chi connectivity index (χ1v) is 5.68. The predicted molar refractivity (Wildman–Crippen MR) is 63.0 cm³/mol. The Balaban J connectivity index is 1.94. The van der Waals surface area contributed by atoms with Crippen LogP contribution in [-0.2, 0) is 0 Å². The van der Waals surface area contributed by atoms with Gasteiger partial charge in [-0.3, -0.25) is 0 Å². The third kappa shape index (κ3) is 2.61. The van der Waals surface area contributed by atoms with Crippen LogP contribution >= 0.6 is 0 Å². The highest BCUT2D eigenvalue weighted by Gasteiger charge is 2.24. The summed E-state index contributed by atoms with van der Waals surface area (Å²) in [4.78, 5) is 8.24. The van der Waals surface area contributed by atoms with Crippen molar-refractivity contribution >= 4 is 11.6 Å². The van der Waals surface area contributed by atoms with Crippen LogP contribution in [0.4, 0.5) is 11.6 Å². The van der Waals surface area contributed by atoms with Crippen LogP contribution in [0.15, 0.2) is 6.07 Å². The maximum Gasteiger partial charge on any atom is 0.131 e. The molecule has 2 atom stereocenters. The molecule has 5 heteroatoms. The van der Waals surface area contributed by atoms with Crippen LogP contribution in [0.1, 0.15) is 25.1 Å². The minimum absolute atomic E-state index is 0.173. The van der Waals surface area contributed by atoms with Gasteiger partial charge >= 0.3 is 0 Å². The van der Waals surface area contributed by atoms with Crippen LogP contribution in [-0.4, -0.2) is 27.7 Å². The molecule has 1 aliphatic rings. The first kappa shape index (κ1) is 11.1. The standard InChI is InChI=1S/C11H18N4O/c1-7-14-10(12)5-11(15-7)13-6-8-3-2-4-9(8)16/h5,8-9,16H,2-4,6H2,1H3,(H3,12,13,14,15). The van der Waals surface area contributed by atoms with Gasteiger partial charge in [0.15, 0.2) is 0 Å². The average Bonchev–Trinajstić information content (AvgIpc) is 2.59. The van der Waals surface area contributed by atoms with E-state index < -0.39 is 0 Å². The number of aliphatic hydroxyl groups excluding tert-OH is 1. The van der Waals surface area contributed by atoms with Gasteiger partial charge in [-0.05, 0) is 19.8 Å². The average molecular weight is 222 g/mol. The lowest BCUT2D eigenvalue weighted by Gasteiger charge is -2.15. The molecule has 0 spiro atoms. The Bertz CT molecular complexity index is 349. The number of nitrogen functional groups attached to an aromatic ring is 1. The maximum absolute atomic E-state index is 9.68. The van der Waals surface area contributed by atoms with Gasteiger partial charge in [0, 0.05) is 18.5 Å². The highest BCUT2D eigenvalue weighted by atomic mass is 16.3. The van der Waals surface area contributed by atoms with E-state index in [0.717, 1.165) is 31.6 Å². The van der Waals surface area contributed by atoms with Gasteiger partial charge in [-0.2, -0.15) is 0 Å². The lowest BCUT2D eigenvalue weighted by atomic mass is 10.1. The van der Waals surface area contributed by atoms with E-state index in [1.165, 1.54) is 0 Å². The van der Waals surface area contributed by atoms with Crippen LogP contribution in [0.25, 0.3) is 0 Å². The molecular weight excluding hydrogens is 204 g/mol.